The Labute approximate surface area is 109 Å². The van der Waals surface area contributed by atoms with Crippen LogP contribution in [0.15, 0.2) is 29.8 Å². The normalized spacial score (nSPS) is 21.6. The standard InChI is InChI=1S/C16H22FN/c1-12-9-10-14(17)11-15(12)16(18)13-7-5-3-2-4-6-8-13/h7,9-11,16H,2-6,8,18H2,1H3/b13-7+. The topological polar surface area (TPSA) is 26.0 Å². The summed E-state index contributed by atoms with van der Waals surface area (Å²) < 4.78 is 13.3. The Bertz CT molecular complexity index is 437. The molecule has 2 N–H and O–H groups in total. The summed E-state index contributed by atoms with van der Waals surface area (Å²) in [6, 6.07) is 4.75. The van der Waals surface area contributed by atoms with Crippen molar-refractivity contribution in [3.8, 4) is 0 Å². The summed E-state index contributed by atoms with van der Waals surface area (Å²) in [5.74, 6) is -0.197. The number of nitrogens with two attached hydrogens (primary N) is 1. The van der Waals surface area contributed by atoms with Crippen molar-refractivity contribution in [1.82, 2.24) is 0 Å². The van der Waals surface area contributed by atoms with E-state index in [2.05, 4.69) is 6.08 Å². The molecule has 0 amide bonds. The first kappa shape index (κ1) is 13.3. The van der Waals surface area contributed by atoms with Crippen molar-refractivity contribution in [2.45, 2.75) is 51.5 Å². The fourth-order valence-corrected chi connectivity index (χ4v) is 2.65. The second kappa shape index (κ2) is 6.14. The first-order chi connectivity index (χ1) is 8.68. The molecule has 98 valence electrons. The van der Waals surface area contributed by atoms with Gasteiger partial charge in [0.2, 0.25) is 0 Å². The quantitative estimate of drug-likeness (QED) is 0.769. The van der Waals surface area contributed by atoms with Crippen LogP contribution in [0.4, 0.5) is 4.39 Å². The van der Waals surface area contributed by atoms with Gasteiger partial charge in [-0.25, -0.2) is 4.39 Å². The van der Waals surface area contributed by atoms with E-state index in [9.17, 15) is 4.39 Å². The van der Waals surface area contributed by atoms with E-state index >= 15 is 0 Å². The molecule has 0 spiro atoms. The molecule has 1 aromatic rings. The van der Waals surface area contributed by atoms with Gasteiger partial charge in [0.05, 0.1) is 6.04 Å². The lowest BCUT2D eigenvalue weighted by atomic mass is 9.89. The Hall–Kier alpha value is -1.15. The summed E-state index contributed by atoms with van der Waals surface area (Å²) in [7, 11) is 0. The van der Waals surface area contributed by atoms with E-state index in [0.29, 0.717) is 0 Å². The first-order valence-electron chi connectivity index (χ1n) is 6.89. The SMILES string of the molecule is Cc1ccc(F)cc1C(N)/C1=C/CCCCCC1. The van der Waals surface area contributed by atoms with Crippen LogP contribution in [0.25, 0.3) is 0 Å². The molecule has 1 aromatic carbocycles. The lowest BCUT2D eigenvalue weighted by molar-refractivity contribution is 0.597. The van der Waals surface area contributed by atoms with Gasteiger partial charge in [-0.1, -0.05) is 30.6 Å². The molecule has 0 aliphatic heterocycles. The van der Waals surface area contributed by atoms with Crippen molar-refractivity contribution < 1.29 is 4.39 Å². The van der Waals surface area contributed by atoms with Gasteiger partial charge in [-0.2, -0.15) is 0 Å². The third-order valence-corrected chi connectivity index (χ3v) is 3.80. The van der Waals surface area contributed by atoms with Gasteiger partial charge in [-0.3, -0.25) is 0 Å². The molecular formula is C16H22FN. The Morgan fingerprint density at radius 1 is 1.17 bits per heavy atom. The van der Waals surface area contributed by atoms with E-state index in [4.69, 9.17) is 5.73 Å². The highest BCUT2D eigenvalue weighted by molar-refractivity contribution is 5.35. The van der Waals surface area contributed by atoms with Gasteiger partial charge in [-0.05, 0) is 55.9 Å². The first-order valence-corrected chi connectivity index (χ1v) is 6.89. The molecule has 0 fully saturated rings. The van der Waals surface area contributed by atoms with Crippen LogP contribution in [0.5, 0.6) is 0 Å². The van der Waals surface area contributed by atoms with Crippen LogP contribution in [-0.4, -0.2) is 0 Å². The lowest BCUT2D eigenvalue weighted by Crippen LogP contribution is -2.15. The van der Waals surface area contributed by atoms with Gasteiger partial charge < -0.3 is 5.73 Å². The minimum Gasteiger partial charge on any atom is -0.321 e. The summed E-state index contributed by atoms with van der Waals surface area (Å²) in [6.45, 7) is 2.00. The Kier molecular flexibility index (Phi) is 4.54. The van der Waals surface area contributed by atoms with E-state index in [1.165, 1.54) is 37.3 Å². The molecule has 0 saturated heterocycles. The van der Waals surface area contributed by atoms with Crippen molar-refractivity contribution >= 4 is 0 Å². The van der Waals surface area contributed by atoms with E-state index < -0.39 is 0 Å². The summed E-state index contributed by atoms with van der Waals surface area (Å²) in [4.78, 5) is 0. The minimum atomic E-state index is -0.197. The van der Waals surface area contributed by atoms with Crippen LogP contribution in [0.3, 0.4) is 0 Å². The summed E-state index contributed by atoms with van der Waals surface area (Å²) >= 11 is 0. The Morgan fingerprint density at radius 2 is 1.94 bits per heavy atom. The number of hydrogen-bond donors (Lipinski definition) is 1. The molecule has 18 heavy (non-hydrogen) atoms. The molecule has 0 bridgehead atoms. The van der Waals surface area contributed by atoms with E-state index in [1.807, 2.05) is 13.0 Å². The molecular weight excluding hydrogens is 225 g/mol. The summed E-state index contributed by atoms with van der Waals surface area (Å²) in [5, 5.41) is 0. The maximum Gasteiger partial charge on any atom is 0.123 e. The van der Waals surface area contributed by atoms with Crippen molar-refractivity contribution in [1.29, 1.82) is 0 Å². The van der Waals surface area contributed by atoms with Crippen LogP contribution in [0, 0.1) is 12.7 Å². The second-order valence-corrected chi connectivity index (χ2v) is 5.21. The third kappa shape index (κ3) is 3.20. The molecule has 1 aliphatic rings. The number of rotatable bonds is 2. The van der Waals surface area contributed by atoms with Crippen LogP contribution in [0.1, 0.15) is 55.7 Å². The molecule has 0 aromatic heterocycles. The molecule has 1 unspecified atom stereocenters. The lowest BCUT2D eigenvalue weighted by Gasteiger charge is -2.20. The van der Waals surface area contributed by atoms with Gasteiger partial charge in [0.15, 0.2) is 0 Å². The zero-order valence-corrected chi connectivity index (χ0v) is 11.1. The van der Waals surface area contributed by atoms with E-state index in [-0.39, 0.29) is 11.9 Å². The second-order valence-electron chi connectivity index (χ2n) is 5.21. The number of allylic oxidation sites excluding steroid dienone is 1. The number of hydrogen-bond acceptors (Lipinski definition) is 1. The average Bonchev–Trinajstić information content (AvgIpc) is 2.31. The highest BCUT2D eigenvalue weighted by atomic mass is 19.1. The zero-order chi connectivity index (χ0) is 13.0. The predicted octanol–water partition coefficient (Wildman–Crippen LogP) is 4.41. The number of halogens is 1. The number of benzene rings is 1. The van der Waals surface area contributed by atoms with Gasteiger partial charge in [0.1, 0.15) is 5.82 Å². The van der Waals surface area contributed by atoms with Crippen molar-refractivity contribution in [3.05, 3.63) is 46.8 Å². The molecule has 0 heterocycles. The van der Waals surface area contributed by atoms with Gasteiger partial charge in [-0.15, -0.1) is 0 Å². The fourth-order valence-electron chi connectivity index (χ4n) is 2.65. The van der Waals surface area contributed by atoms with Crippen LogP contribution in [-0.2, 0) is 0 Å². The van der Waals surface area contributed by atoms with Crippen LogP contribution < -0.4 is 5.73 Å². The molecule has 2 heteroatoms. The van der Waals surface area contributed by atoms with Gasteiger partial charge >= 0.3 is 0 Å². The maximum absolute atomic E-state index is 13.3. The zero-order valence-electron chi connectivity index (χ0n) is 11.1. The summed E-state index contributed by atoms with van der Waals surface area (Å²) in [6.07, 6.45) is 9.49. The molecule has 2 rings (SSSR count). The fraction of sp³-hybridized carbons (Fsp3) is 0.500. The number of aryl methyl sites for hydroxylation is 1. The smallest absolute Gasteiger partial charge is 0.123 e. The monoisotopic (exact) mass is 247 g/mol. The van der Waals surface area contributed by atoms with Gasteiger partial charge in [0, 0.05) is 0 Å². The highest BCUT2D eigenvalue weighted by Gasteiger charge is 2.15. The van der Waals surface area contributed by atoms with Gasteiger partial charge in [0.25, 0.3) is 0 Å². The Balaban J connectivity index is 2.23. The average molecular weight is 247 g/mol. The molecule has 1 atom stereocenters. The highest BCUT2D eigenvalue weighted by Crippen LogP contribution is 2.29. The molecule has 0 saturated carbocycles. The molecule has 1 aliphatic carbocycles. The largest absolute Gasteiger partial charge is 0.321 e. The summed E-state index contributed by atoms with van der Waals surface area (Å²) in [5.41, 5.74) is 9.61. The van der Waals surface area contributed by atoms with E-state index in [0.717, 1.165) is 24.0 Å². The maximum atomic E-state index is 13.3. The molecule has 1 nitrogen and oxygen atoms in total. The predicted molar refractivity (Wildman–Crippen MR) is 73.9 cm³/mol. The third-order valence-electron chi connectivity index (χ3n) is 3.80. The Morgan fingerprint density at radius 3 is 2.78 bits per heavy atom. The minimum absolute atomic E-state index is 0.140. The van der Waals surface area contributed by atoms with E-state index in [1.54, 1.807) is 6.07 Å². The molecule has 0 radical (unpaired) electrons. The van der Waals surface area contributed by atoms with Crippen molar-refractivity contribution in [2.24, 2.45) is 5.73 Å². The van der Waals surface area contributed by atoms with Crippen LogP contribution in [0.2, 0.25) is 0 Å². The van der Waals surface area contributed by atoms with Crippen molar-refractivity contribution in [2.75, 3.05) is 0 Å². The van der Waals surface area contributed by atoms with Crippen molar-refractivity contribution in [3.63, 3.8) is 0 Å². The van der Waals surface area contributed by atoms with Crippen LogP contribution >= 0.6 is 0 Å².